The van der Waals surface area contributed by atoms with Crippen molar-refractivity contribution in [2.45, 2.75) is 0 Å². The quantitative estimate of drug-likeness (QED) is 0.732. The number of nitrogens with zero attached hydrogens (tertiary/aromatic N) is 1. The van der Waals surface area contributed by atoms with E-state index < -0.39 is 0 Å². The van der Waals surface area contributed by atoms with Crippen LogP contribution in [0.3, 0.4) is 0 Å². The molecular weight excluding hydrogens is 292 g/mol. The summed E-state index contributed by atoms with van der Waals surface area (Å²) in [4.78, 5) is 11.4. The fourth-order valence-electron chi connectivity index (χ4n) is 2.57. The number of hydrogen-bond donors (Lipinski definition) is 1. The van der Waals surface area contributed by atoms with E-state index in [0.29, 0.717) is 17.1 Å². The maximum atomic E-state index is 11.4. The number of aromatic amines is 1. The largest absolute Gasteiger partial charge is 0.493 e. The van der Waals surface area contributed by atoms with Crippen molar-refractivity contribution in [3.05, 3.63) is 54.2 Å². The third-order valence-electron chi connectivity index (χ3n) is 3.65. The van der Waals surface area contributed by atoms with E-state index in [2.05, 4.69) is 10.2 Å². The fourth-order valence-corrected chi connectivity index (χ4v) is 2.57. The standard InChI is InChI=1S/C18H16N2O3/c1-22-16-9-13(8-14(11-21)18(16)23-2)15-10-19-20-17(15)12-6-4-3-5-7-12/h3-11H,1-2H3,(H,19,20). The summed E-state index contributed by atoms with van der Waals surface area (Å²) in [7, 11) is 3.06. The third kappa shape index (κ3) is 2.68. The van der Waals surface area contributed by atoms with Crippen LogP contribution in [0.4, 0.5) is 0 Å². The summed E-state index contributed by atoms with van der Waals surface area (Å²) in [5.74, 6) is 0.934. The molecule has 1 N–H and O–H groups in total. The van der Waals surface area contributed by atoms with Crippen molar-refractivity contribution in [3.63, 3.8) is 0 Å². The van der Waals surface area contributed by atoms with Gasteiger partial charge in [-0.15, -0.1) is 0 Å². The van der Waals surface area contributed by atoms with Gasteiger partial charge in [-0.3, -0.25) is 9.89 Å². The topological polar surface area (TPSA) is 64.2 Å². The lowest BCUT2D eigenvalue weighted by Crippen LogP contribution is -1.96. The van der Waals surface area contributed by atoms with Crippen molar-refractivity contribution in [2.75, 3.05) is 14.2 Å². The second-order valence-electron chi connectivity index (χ2n) is 4.94. The smallest absolute Gasteiger partial charge is 0.171 e. The average Bonchev–Trinajstić information content (AvgIpc) is 3.10. The first kappa shape index (κ1) is 14.8. The van der Waals surface area contributed by atoms with E-state index in [0.717, 1.165) is 28.7 Å². The molecule has 2 aromatic carbocycles. The predicted octanol–water partition coefficient (Wildman–Crippen LogP) is 3.57. The maximum absolute atomic E-state index is 11.4. The van der Waals surface area contributed by atoms with E-state index in [1.807, 2.05) is 36.4 Å². The molecule has 0 fully saturated rings. The summed E-state index contributed by atoms with van der Waals surface area (Å²) in [6, 6.07) is 13.5. The second-order valence-corrected chi connectivity index (χ2v) is 4.94. The Balaban J connectivity index is 2.17. The number of carbonyl (C=O) groups excluding carboxylic acids is 1. The highest BCUT2D eigenvalue weighted by Crippen LogP contribution is 2.38. The molecule has 0 radical (unpaired) electrons. The van der Waals surface area contributed by atoms with Gasteiger partial charge in [0.25, 0.3) is 0 Å². The van der Waals surface area contributed by atoms with Crippen molar-refractivity contribution in [1.29, 1.82) is 0 Å². The summed E-state index contributed by atoms with van der Waals surface area (Å²) < 4.78 is 10.6. The van der Waals surface area contributed by atoms with E-state index in [-0.39, 0.29) is 0 Å². The molecule has 0 amide bonds. The maximum Gasteiger partial charge on any atom is 0.171 e. The molecule has 0 unspecified atom stereocenters. The molecule has 0 aliphatic heterocycles. The number of carbonyl (C=O) groups is 1. The Kier molecular flexibility index (Phi) is 4.10. The first-order valence-electron chi connectivity index (χ1n) is 7.08. The average molecular weight is 308 g/mol. The molecule has 116 valence electrons. The number of benzene rings is 2. The molecule has 3 aromatic rings. The van der Waals surface area contributed by atoms with Gasteiger partial charge in [-0.25, -0.2) is 0 Å². The Morgan fingerprint density at radius 1 is 1.04 bits per heavy atom. The van der Waals surface area contributed by atoms with Crippen LogP contribution in [-0.2, 0) is 0 Å². The molecule has 3 rings (SSSR count). The van der Waals surface area contributed by atoms with Crippen LogP contribution >= 0.6 is 0 Å². The van der Waals surface area contributed by atoms with Crippen molar-refractivity contribution in [1.82, 2.24) is 10.2 Å². The predicted molar refractivity (Wildman–Crippen MR) is 88.0 cm³/mol. The molecule has 0 spiro atoms. The Bertz CT molecular complexity index is 826. The number of hydrogen-bond acceptors (Lipinski definition) is 4. The Morgan fingerprint density at radius 2 is 1.83 bits per heavy atom. The van der Waals surface area contributed by atoms with Gasteiger partial charge in [-0.05, 0) is 17.7 Å². The van der Waals surface area contributed by atoms with Crippen LogP contribution in [0.25, 0.3) is 22.4 Å². The summed E-state index contributed by atoms with van der Waals surface area (Å²) in [5.41, 5.74) is 4.05. The summed E-state index contributed by atoms with van der Waals surface area (Å²) in [6.07, 6.45) is 2.49. The Labute approximate surface area is 133 Å². The molecule has 1 heterocycles. The van der Waals surface area contributed by atoms with E-state index in [9.17, 15) is 4.79 Å². The third-order valence-corrected chi connectivity index (χ3v) is 3.65. The molecule has 5 heteroatoms. The van der Waals surface area contributed by atoms with E-state index in [4.69, 9.17) is 9.47 Å². The van der Waals surface area contributed by atoms with Crippen molar-refractivity contribution >= 4 is 6.29 Å². The molecular formula is C18H16N2O3. The lowest BCUT2D eigenvalue weighted by atomic mass is 9.99. The van der Waals surface area contributed by atoms with Gasteiger partial charge in [0.1, 0.15) is 0 Å². The zero-order valence-corrected chi connectivity index (χ0v) is 12.9. The van der Waals surface area contributed by atoms with Gasteiger partial charge in [0.05, 0.1) is 31.7 Å². The summed E-state index contributed by atoms with van der Waals surface area (Å²) in [5, 5.41) is 7.16. The molecule has 0 bridgehead atoms. The lowest BCUT2D eigenvalue weighted by Gasteiger charge is -2.12. The van der Waals surface area contributed by atoms with Crippen LogP contribution in [0.15, 0.2) is 48.7 Å². The van der Waals surface area contributed by atoms with Gasteiger partial charge in [0.15, 0.2) is 17.8 Å². The van der Waals surface area contributed by atoms with Crippen LogP contribution < -0.4 is 9.47 Å². The first-order valence-corrected chi connectivity index (χ1v) is 7.08. The fraction of sp³-hybridized carbons (Fsp3) is 0.111. The summed E-state index contributed by atoms with van der Waals surface area (Å²) >= 11 is 0. The van der Waals surface area contributed by atoms with Crippen molar-refractivity contribution in [2.24, 2.45) is 0 Å². The molecule has 0 aliphatic carbocycles. The van der Waals surface area contributed by atoms with Gasteiger partial charge in [0.2, 0.25) is 0 Å². The van der Waals surface area contributed by atoms with Gasteiger partial charge in [0, 0.05) is 11.1 Å². The Morgan fingerprint density at radius 3 is 2.48 bits per heavy atom. The minimum Gasteiger partial charge on any atom is -0.493 e. The molecule has 0 saturated heterocycles. The van der Waals surface area contributed by atoms with E-state index in [1.165, 1.54) is 7.11 Å². The van der Waals surface area contributed by atoms with Gasteiger partial charge >= 0.3 is 0 Å². The van der Waals surface area contributed by atoms with Gasteiger partial charge < -0.3 is 9.47 Å². The Hall–Kier alpha value is -3.08. The van der Waals surface area contributed by atoms with E-state index in [1.54, 1.807) is 19.4 Å². The zero-order valence-electron chi connectivity index (χ0n) is 12.9. The van der Waals surface area contributed by atoms with Crippen LogP contribution in [0.1, 0.15) is 10.4 Å². The van der Waals surface area contributed by atoms with Crippen LogP contribution in [0, 0.1) is 0 Å². The number of nitrogens with one attached hydrogen (secondary N) is 1. The number of rotatable bonds is 5. The molecule has 0 saturated carbocycles. The van der Waals surface area contributed by atoms with Gasteiger partial charge in [-0.1, -0.05) is 30.3 Å². The number of methoxy groups -OCH3 is 2. The highest BCUT2D eigenvalue weighted by Gasteiger charge is 2.16. The van der Waals surface area contributed by atoms with Crippen LogP contribution in [-0.4, -0.2) is 30.7 Å². The minimum atomic E-state index is 0.427. The van der Waals surface area contributed by atoms with Crippen LogP contribution in [0.2, 0.25) is 0 Å². The second kappa shape index (κ2) is 6.36. The lowest BCUT2D eigenvalue weighted by molar-refractivity contribution is 0.112. The zero-order chi connectivity index (χ0) is 16.2. The molecule has 0 aliphatic rings. The SMILES string of the molecule is COc1cc(-c2cn[nH]c2-c2ccccc2)cc(C=O)c1OC. The molecule has 1 aromatic heterocycles. The number of ether oxygens (including phenoxy) is 2. The number of aromatic nitrogens is 2. The molecule has 23 heavy (non-hydrogen) atoms. The molecule has 5 nitrogen and oxygen atoms in total. The van der Waals surface area contributed by atoms with Crippen molar-refractivity contribution in [3.8, 4) is 33.9 Å². The molecule has 0 atom stereocenters. The number of H-pyrrole nitrogens is 1. The first-order chi connectivity index (χ1) is 11.3. The highest BCUT2D eigenvalue weighted by molar-refractivity contribution is 5.88. The number of aldehydes is 1. The summed E-state index contributed by atoms with van der Waals surface area (Å²) in [6.45, 7) is 0. The highest BCUT2D eigenvalue weighted by atomic mass is 16.5. The van der Waals surface area contributed by atoms with Crippen LogP contribution in [0.5, 0.6) is 11.5 Å². The van der Waals surface area contributed by atoms with Crippen molar-refractivity contribution < 1.29 is 14.3 Å². The minimum absolute atomic E-state index is 0.427. The van der Waals surface area contributed by atoms with E-state index >= 15 is 0 Å². The monoisotopic (exact) mass is 308 g/mol. The van der Waals surface area contributed by atoms with Gasteiger partial charge in [-0.2, -0.15) is 5.10 Å². The normalized spacial score (nSPS) is 10.3.